The molecule has 1 aliphatic heterocycles. The van der Waals surface area contributed by atoms with Crippen molar-refractivity contribution in [2.24, 2.45) is 0 Å². The molecule has 1 aliphatic rings. The quantitative estimate of drug-likeness (QED) is 0.776. The van der Waals surface area contributed by atoms with Gasteiger partial charge >= 0.3 is 0 Å². The minimum atomic E-state index is 0.147. The molecule has 0 atom stereocenters. The van der Waals surface area contributed by atoms with Crippen LogP contribution in [0.2, 0.25) is 0 Å². The zero-order chi connectivity index (χ0) is 12.3. The molecule has 0 N–H and O–H groups in total. The summed E-state index contributed by atoms with van der Waals surface area (Å²) in [5, 5.41) is 3.85. The summed E-state index contributed by atoms with van der Waals surface area (Å²) in [4.78, 5) is 16.3. The first-order valence-corrected chi connectivity index (χ1v) is 6.11. The molecule has 1 aromatic rings. The van der Waals surface area contributed by atoms with Crippen LogP contribution in [0, 0.1) is 6.92 Å². The number of piperazine rings is 1. The van der Waals surface area contributed by atoms with Gasteiger partial charge < -0.3 is 14.3 Å². The number of hydrogen-bond donors (Lipinski definition) is 0. The second-order valence-corrected chi connectivity index (χ2v) is 4.42. The molecule has 2 rings (SSSR count). The molecule has 94 valence electrons. The van der Waals surface area contributed by atoms with Crippen molar-refractivity contribution < 1.29 is 9.32 Å². The van der Waals surface area contributed by atoms with Gasteiger partial charge in [-0.1, -0.05) is 12.1 Å². The van der Waals surface area contributed by atoms with Crippen LogP contribution in [-0.2, 0) is 11.2 Å². The monoisotopic (exact) mass is 237 g/mol. The van der Waals surface area contributed by atoms with Crippen molar-refractivity contribution in [2.45, 2.75) is 20.3 Å². The first-order chi connectivity index (χ1) is 8.19. The van der Waals surface area contributed by atoms with Gasteiger partial charge in [-0.2, -0.15) is 0 Å². The van der Waals surface area contributed by atoms with E-state index >= 15 is 0 Å². The Bertz CT molecular complexity index is 381. The number of hydrogen-bond acceptors (Lipinski definition) is 4. The number of aryl methyl sites for hydroxylation is 1. The molecule has 5 heteroatoms. The highest BCUT2D eigenvalue weighted by molar-refractivity contribution is 5.78. The fraction of sp³-hybridized carbons (Fsp3) is 0.667. The Morgan fingerprint density at radius 2 is 2.12 bits per heavy atom. The molecule has 0 radical (unpaired) electrons. The molecule has 0 spiro atoms. The second-order valence-electron chi connectivity index (χ2n) is 4.42. The van der Waals surface area contributed by atoms with Crippen molar-refractivity contribution in [1.29, 1.82) is 0 Å². The van der Waals surface area contributed by atoms with Crippen molar-refractivity contribution in [1.82, 2.24) is 15.0 Å². The van der Waals surface area contributed by atoms with Crippen LogP contribution in [0.25, 0.3) is 0 Å². The van der Waals surface area contributed by atoms with Gasteiger partial charge in [0.1, 0.15) is 5.76 Å². The van der Waals surface area contributed by atoms with E-state index in [9.17, 15) is 4.79 Å². The molecule has 2 heterocycles. The van der Waals surface area contributed by atoms with Crippen molar-refractivity contribution in [2.75, 3.05) is 32.7 Å². The largest absolute Gasteiger partial charge is 0.361 e. The SMILES string of the molecule is CCN1CCN(C(=O)Cc2cc(C)on2)CC1. The smallest absolute Gasteiger partial charge is 0.228 e. The molecule has 0 aromatic carbocycles. The molecular formula is C12H19N3O2. The van der Waals surface area contributed by atoms with Crippen molar-refractivity contribution >= 4 is 5.91 Å². The van der Waals surface area contributed by atoms with Gasteiger partial charge in [-0.25, -0.2) is 0 Å². The molecule has 1 amide bonds. The van der Waals surface area contributed by atoms with E-state index in [1.54, 1.807) is 0 Å². The number of aromatic nitrogens is 1. The zero-order valence-electron chi connectivity index (χ0n) is 10.5. The summed E-state index contributed by atoms with van der Waals surface area (Å²) in [5.41, 5.74) is 0.727. The lowest BCUT2D eigenvalue weighted by molar-refractivity contribution is -0.132. The third kappa shape index (κ3) is 3.06. The van der Waals surface area contributed by atoms with Gasteiger partial charge in [-0.05, 0) is 13.5 Å². The number of nitrogens with zero attached hydrogens (tertiary/aromatic N) is 3. The summed E-state index contributed by atoms with van der Waals surface area (Å²) in [6.45, 7) is 8.63. The summed E-state index contributed by atoms with van der Waals surface area (Å²) >= 11 is 0. The molecular weight excluding hydrogens is 218 g/mol. The average Bonchev–Trinajstić information content (AvgIpc) is 2.75. The topological polar surface area (TPSA) is 49.6 Å². The van der Waals surface area contributed by atoms with E-state index in [4.69, 9.17) is 4.52 Å². The lowest BCUT2D eigenvalue weighted by atomic mass is 10.2. The fourth-order valence-corrected chi connectivity index (χ4v) is 2.08. The number of carbonyl (C=O) groups is 1. The molecule has 0 aliphatic carbocycles. The van der Waals surface area contributed by atoms with Crippen LogP contribution in [0.5, 0.6) is 0 Å². The van der Waals surface area contributed by atoms with Crippen LogP contribution in [0.3, 0.4) is 0 Å². The first kappa shape index (κ1) is 12.1. The third-order valence-electron chi connectivity index (χ3n) is 3.18. The van der Waals surface area contributed by atoms with Crippen LogP contribution < -0.4 is 0 Å². The Balaban J connectivity index is 1.85. The maximum Gasteiger partial charge on any atom is 0.228 e. The molecule has 17 heavy (non-hydrogen) atoms. The molecule has 0 unspecified atom stereocenters. The van der Waals surface area contributed by atoms with Crippen LogP contribution in [0.4, 0.5) is 0 Å². The summed E-state index contributed by atoms with van der Waals surface area (Å²) in [7, 11) is 0. The standard InChI is InChI=1S/C12H19N3O2/c1-3-14-4-6-15(7-5-14)12(16)9-11-8-10(2)17-13-11/h8H,3-7,9H2,1-2H3. The van der Waals surface area contributed by atoms with Gasteiger partial charge in [-0.3, -0.25) is 4.79 Å². The van der Waals surface area contributed by atoms with Crippen molar-refractivity contribution in [3.63, 3.8) is 0 Å². The predicted molar refractivity (Wildman–Crippen MR) is 63.6 cm³/mol. The molecule has 0 bridgehead atoms. The van der Waals surface area contributed by atoms with E-state index in [2.05, 4.69) is 17.0 Å². The van der Waals surface area contributed by atoms with Gasteiger partial charge in [0.15, 0.2) is 0 Å². The number of carbonyl (C=O) groups excluding carboxylic acids is 1. The van der Waals surface area contributed by atoms with Gasteiger partial charge in [0.05, 0.1) is 12.1 Å². The maximum atomic E-state index is 12.0. The Morgan fingerprint density at radius 3 is 2.65 bits per heavy atom. The van der Waals surface area contributed by atoms with Gasteiger partial charge in [-0.15, -0.1) is 0 Å². The second kappa shape index (κ2) is 5.31. The lowest BCUT2D eigenvalue weighted by Gasteiger charge is -2.33. The van der Waals surface area contributed by atoms with Crippen LogP contribution in [0.15, 0.2) is 10.6 Å². The highest BCUT2D eigenvalue weighted by Crippen LogP contribution is 2.07. The van der Waals surface area contributed by atoms with Crippen LogP contribution >= 0.6 is 0 Å². The molecule has 1 fully saturated rings. The Kier molecular flexibility index (Phi) is 3.78. The first-order valence-electron chi connectivity index (χ1n) is 6.11. The number of likely N-dealkylation sites (N-methyl/N-ethyl adjacent to an activating group) is 1. The third-order valence-corrected chi connectivity index (χ3v) is 3.18. The minimum absolute atomic E-state index is 0.147. The highest BCUT2D eigenvalue weighted by Gasteiger charge is 2.20. The molecule has 5 nitrogen and oxygen atoms in total. The van der Waals surface area contributed by atoms with E-state index in [-0.39, 0.29) is 5.91 Å². The minimum Gasteiger partial charge on any atom is -0.361 e. The van der Waals surface area contributed by atoms with Crippen LogP contribution in [0.1, 0.15) is 18.4 Å². The summed E-state index contributed by atoms with van der Waals surface area (Å²) < 4.78 is 4.96. The summed E-state index contributed by atoms with van der Waals surface area (Å²) in [5.74, 6) is 0.901. The Hall–Kier alpha value is -1.36. The van der Waals surface area contributed by atoms with E-state index in [0.29, 0.717) is 6.42 Å². The van der Waals surface area contributed by atoms with E-state index in [0.717, 1.165) is 44.2 Å². The molecule has 1 aromatic heterocycles. The van der Waals surface area contributed by atoms with E-state index in [1.807, 2.05) is 17.9 Å². The number of amides is 1. The van der Waals surface area contributed by atoms with E-state index in [1.165, 1.54) is 0 Å². The van der Waals surface area contributed by atoms with Gasteiger partial charge in [0.2, 0.25) is 5.91 Å². The highest BCUT2D eigenvalue weighted by atomic mass is 16.5. The van der Waals surface area contributed by atoms with Crippen molar-refractivity contribution in [3.8, 4) is 0 Å². The average molecular weight is 237 g/mol. The van der Waals surface area contributed by atoms with Gasteiger partial charge in [0, 0.05) is 32.2 Å². The Labute approximate surface area is 101 Å². The van der Waals surface area contributed by atoms with Gasteiger partial charge in [0.25, 0.3) is 0 Å². The Morgan fingerprint density at radius 1 is 1.41 bits per heavy atom. The normalized spacial score (nSPS) is 17.4. The van der Waals surface area contributed by atoms with E-state index < -0.39 is 0 Å². The predicted octanol–water partition coefficient (Wildman–Crippen LogP) is 0.690. The van der Waals surface area contributed by atoms with Crippen molar-refractivity contribution in [3.05, 3.63) is 17.5 Å². The summed E-state index contributed by atoms with van der Waals surface area (Å²) in [6, 6.07) is 1.82. The lowest BCUT2D eigenvalue weighted by Crippen LogP contribution is -2.48. The van der Waals surface area contributed by atoms with Crippen LogP contribution in [-0.4, -0.2) is 53.6 Å². The molecule has 1 saturated heterocycles. The number of rotatable bonds is 3. The summed E-state index contributed by atoms with van der Waals surface area (Å²) in [6.07, 6.45) is 0.351. The maximum absolute atomic E-state index is 12.0. The molecule has 0 saturated carbocycles. The fourth-order valence-electron chi connectivity index (χ4n) is 2.08. The zero-order valence-corrected chi connectivity index (χ0v) is 10.5.